The zero-order chi connectivity index (χ0) is 13.7. The summed E-state index contributed by atoms with van der Waals surface area (Å²) < 4.78 is 10.6. The summed E-state index contributed by atoms with van der Waals surface area (Å²) in [6.07, 6.45) is 1.43. The van der Waals surface area contributed by atoms with Crippen molar-refractivity contribution in [3.8, 4) is 0 Å². The van der Waals surface area contributed by atoms with Crippen LogP contribution in [0.25, 0.3) is 0 Å². The molecule has 1 heterocycles. The molecule has 0 saturated carbocycles. The molecule has 2 atom stereocenters. The van der Waals surface area contributed by atoms with Gasteiger partial charge in [0.25, 0.3) is 0 Å². The van der Waals surface area contributed by atoms with Gasteiger partial charge in [-0.15, -0.1) is 0 Å². The monoisotopic (exact) mass is 264 g/mol. The molecule has 0 aromatic heterocycles. The van der Waals surface area contributed by atoms with E-state index in [9.17, 15) is 0 Å². The average molecular weight is 264 g/mol. The third-order valence-corrected chi connectivity index (χ3v) is 3.82. The van der Waals surface area contributed by atoms with Crippen molar-refractivity contribution in [2.45, 2.75) is 25.2 Å². The van der Waals surface area contributed by atoms with Crippen molar-refractivity contribution < 1.29 is 9.47 Å². The summed E-state index contributed by atoms with van der Waals surface area (Å²) in [4.78, 5) is 2.42. The number of nitrogens with zero attached hydrogens (tertiary/aromatic N) is 1. The van der Waals surface area contributed by atoms with Gasteiger partial charge in [0, 0.05) is 39.9 Å². The minimum absolute atomic E-state index is 0.275. The highest BCUT2D eigenvalue weighted by Gasteiger charge is 2.28. The average Bonchev–Trinajstić information content (AvgIpc) is 2.89. The van der Waals surface area contributed by atoms with Crippen LogP contribution in [-0.2, 0) is 16.1 Å². The van der Waals surface area contributed by atoms with Crippen LogP contribution in [0, 0.1) is 0 Å². The molecule has 4 heteroatoms. The molecule has 19 heavy (non-hydrogen) atoms. The third kappa shape index (κ3) is 3.54. The van der Waals surface area contributed by atoms with E-state index in [-0.39, 0.29) is 6.04 Å². The Morgan fingerprint density at radius 1 is 1.42 bits per heavy atom. The fourth-order valence-electron chi connectivity index (χ4n) is 2.78. The van der Waals surface area contributed by atoms with Crippen LogP contribution in [-0.4, -0.2) is 44.9 Å². The van der Waals surface area contributed by atoms with Gasteiger partial charge in [-0.3, -0.25) is 4.90 Å². The molecule has 0 spiro atoms. The minimum atomic E-state index is 0.275. The second kappa shape index (κ2) is 7.01. The highest BCUT2D eigenvalue weighted by molar-refractivity contribution is 5.26. The van der Waals surface area contributed by atoms with Crippen LogP contribution in [0.15, 0.2) is 24.3 Å². The van der Waals surface area contributed by atoms with Crippen molar-refractivity contribution in [1.82, 2.24) is 4.90 Å². The molecule has 0 amide bonds. The summed E-state index contributed by atoms with van der Waals surface area (Å²) in [6.45, 7) is 3.29. The van der Waals surface area contributed by atoms with Crippen LogP contribution in [0.1, 0.15) is 23.6 Å². The Hall–Kier alpha value is -0.940. The Labute approximate surface area is 115 Å². The SMILES string of the molecule is COCc1cccc(C(CN)N2CCC(OC)C2)c1. The third-order valence-electron chi connectivity index (χ3n) is 3.82. The first-order valence-corrected chi connectivity index (χ1v) is 6.83. The first-order valence-electron chi connectivity index (χ1n) is 6.83. The molecular formula is C15H24N2O2. The number of nitrogens with two attached hydrogens (primary N) is 1. The van der Waals surface area contributed by atoms with E-state index in [0.717, 1.165) is 19.5 Å². The maximum Gasteiger partial charge on any atom is 0.0713 e. The van der Waals surface area contributed by atoms with Gasteiger partial charge in [-0.1, -0.05) is 24.3 Å². The zero-order valence-electron chi connectivity index (χ0n) is 11.8. The summed E-state index contributed by atoms with van der Waals surface area (Å²) in [5.74, 6) is 0. The van der Waals surface area contributed by atoms with Crippen LogP contribution in [0.2, 0.25) is 0 Å². The Kier molecular flexibility index (Phi) is 5.34. The number of hydrogen-bond acceptors (Lipinski definition) is 4. The quantitative estimate of drug-likeness (QED) is 0.847. The second-order valence-corrected chi connectivity index (χ2v) is 5.07. The van der Waals surface area contributed by atoms with Crippen molar-refractivity contribution in [2.24, 2.45) is 5.73 Å². The Morgan fingerprint density at radius 3 is 2.89 bits per heavy atom. The molecule has 1 fully saturated rings. The van der Waals surface area contributed by atoms with Gasteiger partial charge < -0.3 is 15.2 Å². The van der Waals surface area contributed by atoms with Crippen LogP contribution in [0.4, 0.5) is 0 Å². The smallest absolute Gasteiger partial charge is 0.0713 e. The van der Waals surface area contributed by atoms with Gasteiger partial charge in [-0.05, 0) is 17.5 Å². The highest BCUT2D eigenvalue weighted by Crippen LogP contribution is 2.26. The van der Waals surface area contributed by atoms with Crippen molar-refractivity contribution in [2.75, 3.05) is 33.9 Å². The predicted molar refractivity (Wildman–Crippen MR) is 75.9 cm³/mol. The Morgan fingerprint density at radius 2 is 2.26 bits per heavy atom. The molecule has 1 aromatic carbocycles. The molecule has 1 saturated heterocycles. The van der Waals surface area contributed by atoms with E-state index in [1.165, 1.54) is 11.1 Å². The molecule has 1 aliphatic rings. The van der Waals surface area contributed by atoms with Crippen LogP contribution >= 0.6 is 0 Å². The van der Waals surface area contributed by atoms with Gasteiger partial charge in [0.2, 0.25) is 0 Å². The summed E-state index contributed by atoms with van der Waals surface area (Å²) in [5.41, 5.74) is 8.45. The fourth-order valence-corrected chi connectivity index (χ4v) is 2.78. The number of benzene rings is 1. The van der Waals surface area contributed by atoms with Gasteiger partial charge in [0.15, 0.2) is 0 Å². The molecule has 4 nitrogen and oxygen atoms in total. The Bertz CT molecular complexity index is 397. The lowest BCUT2D eigenvalue weighted by molar-refractivity contribution is 0.101. The molecular weight excluding hydrogens is 240 g/mol. The van der Waals surface area contributed by atoms with E-state index in [1.54, 1.807) is 14.2 Å². The zero-order valence-corrected chi connectivity index (χ0v) is 11.8. The van der Waals surface area contributed by atoms with Crippen molar-refractivity contribution in [3.05, 3.63) is 35.4 Å². The number of likely N-dealkylation sites (tertiary alicyclic amines) is 1. The topological polar surface area (TPSA) is 47.7 Å². The van der Waals surface area contributed by atoms with Crippen molar-refractivity contribution >= 4 is 0 Å². The van der Waals surface area contributed by atoms with Gasteiger partial charge in [0.1, 0.15) is 0 Å². The highest BCUT2D eigenvalue weighted by atomic mass is 16.5. The number of hydrogen-bond donors (Lipinski definition) is 1. The minimum Gasteiger partial charge on any atom is -0.380 e. The molecule has 2 rings (SSSR count). The van der Waals surface area contributed by atoms with Crippen molar-refractivity contribution in [1.29, 1.82) is 0 Å². The lowest BCUT2D eigenvalue weighted by Crippen LogP contribution is -2.33. The molecule has 0 bridgehead atoms. The number of ether oxygens (including phenoxy) is 2. The molecule has 0 radical (unpaired) electrons. The second-order valence-electron chi connectivity index (χ2n) is 5.07. The molecule has 0 aliphatic carbocycles. The standard InChI is InChI=1S/C15H24N2O2/c1-18-11-12-4-3-5-13(8-12)15(9-16)17-7-6-14(10-17)19-2/h3-5,8,14-15H,6-7,9-11,16H2,1-2H3. The maximum atomic E-state index is 5.98. The largest absolute Gasteiger partial charge is 0.380 e. The summed E-state index contributed by atoms with van der Waals surface area (Å²) in [6, 6.07) is 8.79. The molecule has 106 valence electrons. The molecule has 1 aromatic rings. The number of rotatable bonds is 6. The summed E-state index contributed by atoms with van der Waals surface area (Å²) >= 11 is 0. The van der Waals surface area contributed by atoms with Gasteiger partial charge in [-0.2, -0.15) is 0 Å². The van der Waals surface area contributed by atoms with Crippen LogP contribution in [0.5, 0.6) is 0 Å². The molecule has 2 N–H and O–H groups in total. The lowest BCUT2D eigenvalue weighted by Gasteiger charge is -2.27. The van der Waals surface area contributed by atoms with Gasteiger partial charge in [-0.25, -0.2) is 0 Å². The van der Waals surface area contributed by atoms with E-state index < -0.39 is 0 Å². The van der Waals surface area contributed by atoms with E-state index >= 15 is 0 Å². The predicted octanol–water partition coefficient (Wildman–Crippen LogP) is 1.55. The van der Waals surface area contributed by atoms with Crippen molar-refractivity contribution in [3.63, 3.8) is 0 Å². The first-order chi connectivity index (χ1) is 9.28. The van der Waals surface area contributed by atoms with Crippen LogP contribution in [0.3, 0.4) is 0 Å². The van der Waals surface area contributed by atoms with E-state index in [1.807, 2.05) is 0 Å². The molecule has 2 unspecified atom stereocenters. The molecule has 1 aliphatic heterocycles. The van der Waals surface area contributed by atoms with E-state index in [2.05, 4.69) is 29.2 Å². The number of methoxy groups -OCH3 is 2. The Balaban J connectivity index is 2.10. The normalized spacial score (nSPS) is 21.7. The summed E-state index contributed by atoms with van der Waals surface area (Å²) in [7, 11) is 3.50. The van der Waals surface area contributed by atoms with Gasteiger partial charge >= 0.3 is 0 Å². The summed E-state index contributed by atoms with van der Waals surface area (Å²) in [5, 5.41) is 0. The van der Waals surface area contributed by atoms with Gasteiger partial charge in [0.05, 0.1) is 12.7 Å². The fraction of sp³-hybridized carbons (Fsp3) is 0.600. The maximum absolute atomic E-state index is 5.98. The lowest BCUT2D eigenvalue weighted by atomic mass is 10.0. The first kappa shape index (κ1) is 14.5. The van der Waals surface area contributed by atoms with E-state index in [4.69, 9.17) is 15.2 Å². The van der Waals surface area contributed by atoms with E-state index in [0.29, 0.717) is 19.3 Å². The van der Waals surface area contributed by atoms with Crippen LogP contribution < -0.4 is 5.73 Å².